The van der Waals surface area contributed by atoms with E-state index in [1.54, 1.807) is 0 Å². The normalized spacial score (nSPS) is 16.0. The van der Waals surface area contributed by atoms with Crippen LogP contribution < -0.4 is 0 Å². The van der Waals surface area contributed by atoms with E-state index in [9.17, 15) is 4.57 Å². The highest BCUT2D eigenvalue weighted by Crippen LogP contribution is 2.54. The molecule has 4 heteroatoms. The van der Waals surface area contributed by atoms with E-state index in [1.807, 2.05) is 13.8 Å². The van der Waals surface area contributed by atoms with E-state index >= 15 is 0 Å². The Balaban J connectivity index is 3.96. The van der Waals surface area contributed by atoms with Crippen LogP contribution in [0.2, 0.25) is 0 Å². The second-order valence-electron chi connectivity index (χ2n) is 5.55. The molecule has 0 rings (SSSR count). The maximum atomic E-state index is 12.7. The van der Waals surface area contributed by atoms with Gasteiger partial charge in [0.15, 0.2) is 0 Å². The second kappa shape index (κ2) is 12.9. The topological polar surface area (TPSA) is 35.5 Å². The van der Waals surface area contributed by atoms with Gasteiger partial charge in [-0.25, -0.2) is 0 Å². The minimum atomic E-state index is -2.90. The van der Waals surface area contributed by atoms with E-state index in [0.29, 0.717) is 13.2 Å². The third-order valence-electron chi connectivity index (χ3n) is 3.59. The summed E-state index contributed by atoms with van der Waals surface area (Å²) in [4.78, 5) is 0. The quantitative estimate of drug-likeness (QED) is 0.284. The molecule has 0 saturated heterocycles. The molecule has 0 heterocycles. The summed E-state index contributed by atoms with van der Waals surface area (Å²) >= 11 is 0. The van der Waals surface area contributed by atoms with Crippen molar-refractivity contribution in [1.82, 2.24) is 0 Å². The Bertz CT molecular complexity index is 256. The predicted octanol–water partition coefficient (Wildman–Crippen LogP) is 6.17. The van der Waals surface area contributed by atoms with Gasteiger partial charge in [-0.15, -0.1) is 0 Å². The lowest BCUT2D eigenvalue weighted by atomic mass is 10.1. The number of hydrogen-bond acceptors (Lipinski definition) is 3. The lowest BCUT2D eigenvalue weighted by Crippen LogP contribution is -2.10. The molecule has 0 aromatic heterocycles. The highest BCUT2D eigenvalue weighted by atomic mass is 31.2. The van der Waals surface area contributed by atoms with Crippen molar-refractivity contribution in [2.24, 2.45) is 0 Å². The van der Waals surface area contributed by atoms with Crippen LogP contribution in [0.1, 0.15) is 85.5 Å². The van der Waals surface area contributed by atoms with Crippen LogP contribution in [0.15, 0.2) is 0 Å². The molecular formula is C16H35O3P. The molecule has 0 saturated carbocycles. The van der Waals surface area contributed by atoms with E-state index in [0.717, 1.165) is 32.1 Å². The molecule has 0 fully saturated rings. The van der Waals surface area contributed by atoms with Gasteiger partial charge in [0.05, 0.1) is 18.9 Å². The maximum Gasteiger partial charge on any atom is 0.333 e. The average molecular weight is 306 g/mol. The number of rotatable bonds is 14. The first kappa shape index (κ1) is 20.1. The van der Waals surface area contributed by atoms with E-state index in [4.69, 9.17) is 9.05 Å². The third kappa shape index (κ3) is 9.15. The maximum absolute atomic E-state index is 12.7. The van der Waals surface area contributed by atoms with Crippen molar-refractivity contribution in [3.63, 3.8) is 0 Å². The zero-order valence-electron chi connectivity index (χ0n) is 14.0. The van der Waals surface area contributed by atoms with Gasteiger partial charge < -0.3 is 9.05 Å². The van der Waals surface area contributed by atoms with Gasteiger partial charge in [-0.1, -0.05) is 65.7 Å². The molecule has 0 N–H and O–H groups in total. The summed E-state index contributed by atoms with van der Waals surface area (Å²) in [5, 5.41) is 0. The summed E-state index contributed by atoms with van der Waals surface area (Å²) < 4.78 is 23.8. The van der Waals surface area contributed by atoms with Crippen LogP contribution in [-0.2, 0) is 13.6 Å². The molecule has 0 aliphatic rings. The smallest absolute Gasteiger partial charge is 0.309 e. The van der Waals surface area contributed by atoms with Crippen molar-refractivity contribution in [2.45, 2.75) is 91.1 Å². The van der Waals surface area contributed by atoms with E-state index in [2.05, 4.69) is 13.8 Å². The van der Waals surface area contributed by atoms with Gasteiger partial charge in [-0.3, -0.25) is 4.57 Å². The number of hydrogen-bond donors (Lipinski definition) is 0. The number of unbranched alkanes of at least 4 members (excludes halogenated alkanes) is 6. The van der Waals surface area contributed by atoms with Gasteiger partial charge in [-0.05, 0) is 19.8 Å². The molecule has 0 aliphatic heterocycles. The van der Waals surface area contributed by atoms with Crippen molar-refractivity contribution in [3.05, 3.63) is 0 Å². The summed E-state index contributed by atoms with van der Waals surface area (Å²) in [5.74, 6) is 0. The molecule has 0 radical (unpaired) electrons. The predicted molar refractivity (Wildman–Crippen MR) is 87.5 cm³/mol. The Labute approximate surface area is 126 Å². The SMILES string of the molecule is CCCCCCCCOP(=O)(OCC)C(C)CCCC. The molecular weight excluding hydrogens is 271 g/mol. The molecule has 20 heavy (non-hydrogen) atoms. The fourth-order valence-corrected chi connectivity index (χ4v) is 4.03. The minimum Gasteiger partial charge on any atom is -0.309 e. The van der Waals surface area contributed by atoms with Crippen LogP contribution in [0.3, 0.4) is 0 Å². The van der Waals surface area contributed by atoms with Crippen molar-refractivity contribution in [3.8, 4) is 0 Å². The molecule has 0 aliphatic carbocycles. The first-order valence-corrected chi connectivity index (χ1v) is 10.1. The van der Waals surface area contributed by atoms with Gasteiger partial charge in [0.1, 0.15) is 0 Å². The molecule has 0 amide bonds. The Morgan fingerprint density at radius 2 is 1.45 bits per heavy atom. The van der Waals surface area contributed by atoms with Crippen LogP contribution >= 0.6 is 7.60 Å². The van der Waals surface area contributed by atoms with Crippen molar-refractivity contribution < 1.29 is 13.6 Å². The molecule has 122 valence electrons. The van der Waals surface area contributed by atoms with E-state index in [-0.39, 0.29) is 5.66 Å². The zero-order chi connectivity index (χ0) is 15.3. The average Bonchev–Trinajstić information content (AvgIpc) is 2.44. The van der Waals surface area contributed by atoms with Crippen LogP contribution in [0.25, 0.3) is 0 Å². The Morgan fingerprint density at radius 3 is 2.05 bits per heavy atom. The molecule has 3 nitrogen and oxygen atoms in total. The van der Waals surface area contributed by atoms with Gasteiger partial charge >= 0.3 is 7.60 Å². The Hall–Kier alpha value is 0.150. The van der Waals surface area contributed by atoms with E-state index in [1.165, 1.54) is 25.7 Å². The molecule has 2 unspecified atom stereocenters. The lowest BCUT2D eigenvalue weighted by Gasteiger charge is -2.23. The monoisotopic (exact) mass is 306 g/mol. The van der Waals surface area contributed by atoms with Crippen LogP contribution in [0, 0.1) is 0 Å². The third-order valence-corrected chi connectivity index (χ3v) is 6.09. The van der Waals surface area contributed by atoms with Gasteiger partial charge in [0.2, 0.25) is 0 Å². The summed E-state index contributed by atoms with van der Waals surface area (Å²) in [7, 11) is -2.90. The molecule has 0 bridgehead atoms. The van der Waals surface area contributed by atoms with Crippen LogP contribution in [-0.4, -0.2) is 18.9 Å². The van der Waals surface area contributed by atoms with E-state index < -0.39 is 7.60 Å². The first-order chi connectivity index (χ1) is 9.60. The van der Waals surface area contributed by atoms with Crippen molar-refractivity contribution >= 4 is 7.60 Å². The molecule has 0 aromatic carbocycles. The Kier molecular flexibility index (Phi) is 13.0. The molecule has 0 spiro atoms. The Morgan fingerprint density at radius 1 is 0.850 bits per heavy atom. The summed E-state index contributed by atoms with van der Waals surface area (Å²) in [5.41, 5.74) is 0.0162. The fraction of sp³-hybridized carbons (Fsp3) is 1.00. The highest BCUT2D eigenvalue weighted by Gasteiger charge is 2.31. The summed E-state index contributed by atoms with van der Waals surface area (Å²) in [6, 6.07) is 0. The minimum absolute atomic E-state index is 0.0162. The first-order valence-electron chi connectivity index (χ1n) is 8.49. The summed E-state index contributed by atoms with van der Waals surface area (Å²) in [6.07, 6.45) is 10.4. The lowest BCUT2D eigenvalue weighted by molar-refractivity contribution is 0.200. The molecule has 2 atom stereocenters. The zero-order valence-corrected chi connectivity index (χ0v) is 14.9. The van der Waals surface area contributed by atoms with Crippen molar-refractivity contribution in [1.29, 1.82) is 0 Å². The van der Waals surface area contributed by atoms with Crippen molar-refractivity contribution in [2.75, 3.05) is 13.2 Å². The van der Waals surface area contributed by atoms with Crippen LogP contribution in [0.5, 0.6) is 0 Å². The second-order valence-corrected chi connectivity index (χ2v) is 8.03. The fourth-order valence-electron chi connectivity index (χ4n) is 2.20. The summed E-state index contributed by atoms with van der Waals surface area (Å²) in [6.45, 7) is 9.28. The largest absolute Gasteiger partial charge is 0.333 e. The van der Waals surface area contributed by atoms with Gasteiger partial charge in [-0.2, -0.15) is 0 Å². The highest BCUT2D eigenvalue weighted by molar-refractivity contribution is 7.54. The van der Waals surface area contributed by atoms with Gasteiger partial charge in [0, 0.05) is 0 Å². The van der Waals surface area contributed by atoms with Crippen LogP contribution in [0.4, 0.5) is 0 Å². The standard InChI is InChI=1S/C16H35O3P/c1-5-8-10-11-12-13-15-19-20(17,18-7-3)16(4)14-9-6-2/h16H,5-15H2,1-4H3. The molecule has 0 aromatic rings. The van der Waals surface area contributed by atoms with Gasteiger partial charge in [0.25, 0.3) is 0 Å².